The minimum Gasteiger partial charge on any atom is -0.508 e. The minimum atomic E-state index is -0.0196. The Balaban J connectivity index is 1.96. The Morgan fingerprint density at radius 3 is 2.55 bits per heavy atom. The van der Waals surface area contributed by atoms with Gasteiger partial charge in [-0.3, -0.25) is 0 Å². The lowest BCUT2D eigenvalue weighted by Gasteiger charge is -2.29. The zero-order chi connectivity index (χ0) is 15.9. The SMILES string of the molecule is CN1c2ccccc2C(C)(C)C1C=Cc1cc(O)ccc1O. The number of fused-ring (bicyclic) bond motifs is 1. The molecule has 22 heavy (non-hydrogen) atoms. The smallest absolute Gasteiger partial charge is 0.123 e. The van der Waals surface area contributed by atoms with Crippen molar-refractivity contribution in [3.8, 4) is 11.5 Å². The van der Waals surface area contributed by atoms with Gasteiger partial charge in [-0.1, -0.05) is 44.2 Å². The topological polar surface area (TPSA) is 43.7 Å². The fourth-order valence-electron chi connectivity index (χ4n) is 3.36. The van der Waals surface area contributed by atoms with Crippen molar-refractivity contribution in [1.82, 2.24) is 0 Å². The van der Waals surface area contributed by atoms with Crippen molar-refractivity contribution in [3.05, 3.63) is 59.7 Å². The van der Waals surface area contributed by atoms with Crippen LogP contribution >= 0.6 is 0 Å². The van der Waals surface area contributed by atoms with E-state index in [-0.39, 0.29) is 23.0 Å². The Bertz CT molecular complexity index is 734. The standard InChI is InChI=1S/C19H21NO2/c1-19(2)15-6-4-5-7-16(15)20(3)18(19)11-8-13-12-14(21)9-10-17(13)22/h4-12,18,21-22H,1-3H3. The van der Waals surface area contributed by atoms with Gasteiger partial charge in [-0.25, -0.2) is 0 Å². The van der Waals surface area contributed by atoms with Gasteiger partial charge in [0.1, 0.15) is 11.5 Å². The summed E-state index contributed by atoms with van der Waals surface area (Å²) in [7, 11) is 2.09. The summed E-state index contributed by atoms with van der Waals surface area (Å²) < 4.78 is 0. The number of likely N-dealkylation sites (N-methyl/N-ethyl adjacent to an activating group) is 1. The van der Waals surface area contributed by atoms with E-state index in [1.165, 1.54) is 23.4 Å². The molecule has 0 amide bonds. The van der Waals surface area contributed by atoms with Crippen molar-refractivity contribution >= 4 is 11.8 Å². The van der Waals surface area contributed by atoms with Gasteiger partial charge in [-0.15, -0.1) is 0 Å². The third-order valence-electron chi connectivity index (χ3n) is 4.60. The average Bonchev–Trinajstić information content (AvgIpc) is 2.68. The van der Waals surface area contributed by atoms with Crippen LogP contribution in [-0.4, -0.2) is 23.3 Å². The maximum Gasteiger partial charge on any atom is 0.123 e. The Kier molecular flexibility index (Phi) is 3.36. The molecule has 0 aromatic heterocycles. The van der Waals surface area contributed by atoms with Crippen LogP contribution in [0, 0.1) is 0 Å². The third-order valence-corrected chi connectivity index (χ3v) is 4.60. The first-order chi connectivity index (χ1) is 10.4. The van der Waals surface area contributed by atoms with Crippen LogP contribution in [0.15, 0.2) is 48.5 Å². The number of hydrogen-bond acceptors (Lipinski definition) is 3. The monoisotopic (exact) mass is 295 g/mol. The number of rotatable bonds is 2. The van der Waals surface area contributed by atoms with Crippen LogP contribution in [0.4, 0.5) is 5.69 Å². The molecule has 0 aliphatic carbocycles. The summed E-state index contributed by atoms with van der Waals surface area (Å²) in [6.45, 7) is 4.46. The molecule has 0 bridgehead atoms. The van der Waals surface area contributed by atoms with Crippen LogP contribution in [0.2, 0.25) is 0 Å². The Hall–Kier alpha value is -2.42. The predicted octanol–water partition coefficient (Wildman–Crippen LogP) is 3.91. The fourth-order valence-corrected chi connectivity index (χ4v) is 3.36. The van der Waals surface area contributed by atoms with Gasteiger partial charge in [0.05, 0.1) is 6.04 Å². The molecule has 0 saturated carbocycles. The predicted molar refractivity (Wildman–Crippen MR) is 90.5 cm³/mol. The summed E-state index contributed by atoms with van der Waals surface area (Å²) in [5.74, 6) is 0.324. The molecule has 1 atom stereocenters. The number of para-hydroxylation sites is 1. The van der Waals surface area contributed by atoms with E-state index in [0.717, 1.165) is 0 Å². The quantitative estimate of drug-likeness (QED) is 0.826. The van der Waals surface area contributed by atoms with E-state index in [1.807, 2.05) is 6.08 Å². The lowest BCUT2D eigenvalue weighted by atomic mass is 9.80. The Morgan fingerprint density at radius 1 is 1.09 bits per heavy atom. The summed E-state index contributed by atoms with van der Waals surface area (Å²) in [6, 6.07) is 13.2. The molecule has 1 unspecified atom stereocenters. The molecule has 2 N–H and O–H groups in total. The average molecular weight is 295 g/mol. The van der Waals surface area contributed by atoms with Crippen LogP contribution in [0.3, 0.4) is 0 Å². The molecule has 1 heterocycles. The summed E-state index contributed by atoms with van der Waals surface area (Å²) >= 11 is 0. The van der Waals surface area contributed by atoms with Gasteiger partial charge >= 0.3 is 0 Å². The van der Waals surface area contributed by atoms with Gasteiger partial charge in [-0.05, 0) is 29.8 Å². The summed E-state index contributed by atoms with van der Waals surface area (Å²) in [5.41, 5.74) is 3.17. The van der Waals surface area contributed by atoms with E-state index in [2.05, 4.69) is 56.1 Å². The molecule has 0 radical (unpaired) electrons. The zero-order valence-electron chi connectivity index (χ0n) is 13.1. The van der Waals surface area contributed by atoms with Crippen LogP contribution in [0.5, 0.6) is 11.5 Å². The van der Waals surface area contributed by atoms with E-state index < -0.39 is 0 Å². The summed E-state index contributed by atoms with van der Waals surface area (Å²) in [6.07, 6.45) is 3.97. The molecule has 2 aromatic carbocycles. The minimum absolute atomic E-state index is 0.0196. The number of phenolic OH excluding ortho intramolecular Hbond substituents is 2. The molecule has 114 valence electrons. The first kappa shape index (κ1) is 14.5. The number of aromatic hydroxyl groups is 2. The van der Waals surface area contributed by atoms with Crippen LogP contribution in [0.25, 0.3) is 6.08 Å². The second-order valence-electron chi connectivity index (χ2n) is 6.40. The van der Waals surface area contributed by atoms with E-state index in [1.54, 1.807) is 6.07 Å². The van der Waals surface area contributed by atoms with Gasteiger partial charge < -0.3 is 15.1 Å². The highest BCUT2D eigenvalue weighted by Crippen LogP contribution is 2.44. The summed E-state index contributed by atoms with van der Waals surface area (Å²) in [4.78, 5) is 2.26. The molecule has 1 aliphatic rings. The first-order valence-electron chi connectivity index (χ1n) is 7.44. The van der Waals surface area contributed by atoms with Crippen molar-refractivity contribution in [2.45, 2.75) is 25.3 Å². The molecule has 1 aliphatic heterocycles. The summed E-state index contributed by atoms with van der Waals surface area (Å²) in [5, 5.41) is 19.5. The molecule has 0 saturated heterocycles. The Morgan fingerprint density at radius 2 is 1.82 bits per heavy atom. The number of nitrogens with zero attached hydrogens (tertiary/aromatic N) is 1. The second kappa shape index (κ2) is 5.09. The van der Waals surface area contributed by atoms with Crippen molar-refractivity contribution in [2.24, 2.45) is 0 Å². The molecule has 0 fully saturated rings. The highest BCUT2D eigenvalue weighted by molar-refractivity contribution is 5.67. The van der Waals surface area contributed by atoms with E-state index in [4.69, 9.17) is 0 Å². The highest BCUT2D eigenvalue weighted by Gasteiger charge is 2.41. The molecular weight excluding hydrogens is 274 g/mol. The molecular formula is C19H21NO2. The lowest BCUT2D eigenvalue weighted by molar-refractivity contribution is 0.459. The van der Waals surface area contributed by atoms with Crippen LogP contribution < -0.4 is 4.90 Å². The molecule has 0 spiro atoms. The molecule has 3 heteroatoms. The van der Waals surface area contributed by atoms with Crippen molar-refractivity contribution in [2.75, 3.05) is 11.9 Å². The van der Waals surface area contributed by atoms with Gasteiger partial charge in [0.25, 0.3) is 0 Å². The fraction of sp³-hybridized carbons (Fsp3) is 0.263. The molecule has 2 aromatic rings. The number of anilines is 1. The van der Waals surface area contributed by atoms with Crippen molar-refractivity contribution in [3.63, 3.8) is 0 Å². The molecule has 3 nitrogen and oxygen atoms in total. The largest absolute Gasteiger partial charge is 0.508 e. The number of hydrogen-bond donors (Lipinski definition) is 2. The highest BCUT2D eigenvalue weighted by atomic mass is 16.3. The first-order valence-corrected chi connectivity index (χ1v) is 7.44. The zero-order valence-corrected chi connectivity index (χ0v) is 13.1. The van der Waals surface area contributed by atoms with Gasteiger partial charge in [0.2, 0.25) is 0 Å². The maximum atomic E-state index is 9.90. The maximum absolute atomic E-state index is 9.90. The van der Waals surface area contributed by atoms with Gasteiger partial charge in [0.15, 0.2) is 0 Å². The van der Waals surface area contributed by atoms with E-state index in [0.29, 0.717) is 5.56 Å². The van der Waals surface area contributed by atoms with Crippen molar-refractivity contribution < 1.29 is 10.2 Å². The third kappa shape index (κ3) is 2.23. The van der Waals surface area contributed by atoms with Crippen molar-refractivity contribution in [1.29, 1.82) is 0 Å². The lowest BCUT2D eigenvalue weighted by Crippen LogP contribution is -2.37. The molecule has 3 rings (SSSR count). The van der Waals surface area contributed by atoms with Crippen LogP contribution in [-0.2, 0) is 5.41 Å². The van der Waals surface area contributed by atoms with Gasteiger partial charge in [-0.2, -0.15) is 0 Å². The van der Waals surface area contributed by atoms with Gasteiger partial charge in [0, 0.05) is 23.7 Å². The number of benzene rings is 2. The second-order valence-corrected chi connectivity index (χ2v) is 6.40. The normalized spacial score (nSPS) is 19.6. The number of phenols is 2. The van der Waals surface area contributed by atoms with Crippen LogP contribution in [0.1, 0.15) is 25.0 Å². The van der Waals surface area contributed by atoms with E-state index in [9.17, 15) is 10.2 Å². The Labute approximate surface area is 131 Å². The van der Waals surface area contributed by atoms with E-state index >= 15 is 0 Å².